The number of carbonyl (C=O) groups is 1. The van der Waals surface area contributed by atoms with Gasteiger partial charge >= 0.3 is 0 Å². The minimum absolute atomic E-state index is 0.164. The molecule has 0 fully saturated rings. The van der Waals surface area contributed by atoms with Gasteiger partial charge in [0.05, 0.1) is 18.4 Å². The van der Waals surface area contributed by atoms with Gasteiger partial charge in [0.2, 0.25) is 0 Å². The van der Waals surface area contributed by atoms with Crippen LogP contribution in [0.15, 0.2) is 17.0 Å². The number of aromatic carboxylic acids is 1. The standard InChI is InChI=1S/C5H3BrN2O2/c6-4-2-7-3(1-8-4)5(9)10/h1-2H,(H,9,10)/p-1. The van der Waals surface area contributed by atoms with Crippen molar-refractivity contribution in [2.24, 2.45) is 0 Å². The first-order chi connectivity index (χ1) is 4.70. The fourth-order valence-electron chi connectivity index (χ4n) is 0.418. The number of rotatable bonds is 1. The molecule has 1 heterocycles. The second kappa shape index (κ2) is 2.74. The van der Waals surface area contributed by atoms with Gasteiger partial charge in [-0.15, -0.1) is 0 Å². The van der Waals surface area contributed by atoms with E-state index in [1.165, 1.54) is 6.20 Å². The molecule has 0 bridgehead atoms. The second-order valence-electron chi connectivity index (χ2n) is 1.51. The zero-order chi connectivity index (χ0) is 7.56. The molecule has 0 saturated heterocycles. The van der Waals surface area contributed by atoms with E-state index in [9.17, 15) is 9.90 Å². The van der Waals surface area contributed by atoms with E-state index in [0.29, 0.717) is 4.60 Å². The molecule has 1 aromatic heterocycles. The highest BCUT2D eigenvalue weighted by atomic mass is 79.9. The van der Waals surface area contributed by atoms with Gasteiger partial charge in [0.1, 0.15) is 10.3 Å². The summed E-state index contributed by atoms with van der Waals surface area (Å²) in [6.45, 7) is 0. The Bertz CT molecular complexity index is 246. The van der Waals surface area contributed by atoms with E-state index in [2.05, 4.69) is 25.9 Å². The lowest BCUT2D eigenvalue weighted by Crippen LogP contribution is -2.23. The molecule has 1 rings (SSSR count). The molecule has 0 aliphatic heterocycles. The van der Waals surface area contributed by atoms with E-state index in [4.69, 9.17) is 0 Å². The molecule has 0 unspecified atom stereocenters. The van der Waals surface area contributed by atoms with Gasteiger partial charge in [-0.1, -0.05) is 0 Å². The van der Waals surface area contributed by atoms with Gasteiger partial charge in [-0.25, -0.2) is 4.98 Å². The van der Waals surface area contributed by atoms with Crippen molar-refractivity contribution in [2.45, 2.75) is 0 Å². The molecule has 5 heteroatoms. The van der Waals surface area contributed by atoms with Crippen LogP contribution in [0.25, 0.3) is 0 Å². The van der Waals surface area contributed by atoms with E-state index in [-0.39, 0.29) is 5.69 Å². The molecule has 10 heavy (non-hydrogen) atoms. The molecule has 0 spiro atoms. The molecule has 0 saturated carbocycles. The van der Waals surface area contributed by atoms with Crippen LogP contribution in [0.1, 0.15) is 10.5 Å². The Morgan fingerprint density at radius 2 is 2.20 bits per heavy atom. The number of hydrogen-bond acceptors (Lipinski definition) is 4. The molecule has 0 atom stereocenters. The minimum Gasteiger partial charge on any atom is -0.543 e. The summed E-state index contributed by atoms with van der Waals surface area (Å²) < 4.78 is 0.498. The van der Waals surface area contributed by atoms with Crippen molar-refractivity contribution in [3.05, 3.63) is 22.7 Å². The molecule has 1 aromatic rings. The molecular weight excluding hydrogens is 200 g/mol. The zero-order valence-electron chi connectivity index (χ0n) is 4.74. The fourth-order valence-corrected chi connectivity index (χ4v) is 0.622. The maximum absolute atomic E-state index is 10.1. The van der Waals surface area contributed by atoms with E-state index in [0.717, 1.165) is 6.20 Å². The molecule has 0 amide bonds. The van der Waals surface area contributed by atoms with Crippen molar-refractivity contribution < 1.29 is 9.90 Å². The van der Waals surface area contributed by atoms with Gasteiger partial charge < -0.3 is 9.90 Å². The molecule has 0 aliphatic rings. The van der Waals surface area contributed by atoms with Crippen LogP contribution < -0.4 is 5.11 Å². The SMILES string of the molecule is O=C([O-])c1cnc(Br)cn1. The summed E-state index contributed by atoms with van der Waals surface area (Å²) in [7, 11) is 0. The molecular formula is C5H2BrN2O2-. The molecule has 0 aliphatic carbocycles. The van der Waals surface area contributed by atoms with Crippen molar-refractivity contribution in [3.63, 3.8) is 0 Å². The largest absolute Gasteiger partial charge is 0.543 e. The third kappa shape index (κ3) is 1.51. The maximum atomic E-state index is 10.1. The summed E-state index contributed by atoms with van der Waals surface area (Å²) in [6.07, 6.45) is 2.42. The normalized spacial score (nSPS) is 9.30. The predicted molar refractivity (Wildman–Crippen MR) is 34.1 cm³/mol. The minimum atomic E-state index is -1.32. The zero-order valence-corrected chi connectivity index (χ0v) is 6.33. The molecule has 52 valence electrons. The van der Waals surface area contributed by atoms with Crippen molar-refractivity contribution in [3.8, 4) is 0 Å². The first kappa shape index (κ1) is 7.14. The lowest BCUT2D eigenvalue weighted by atomic mass is 10.5. The number of halogens is 1. The first-order valence-electron chi connectivity index (χ1n) is 2.39. The number of carbonyl (C=O) groups excluding carboxylic acids is 1. The Balaban J connectivity index is 3.00. The monoisotopic (exact) mass is 201 g/mol. The van der Waals surface area contributed by atoms with Crippen LogP contribution in [0.3, 0.4) is 0 Å². The quantitative estimate of drug-likeness (QED) is 0.621. The third-order valence-corrected chi connectivity index (χ3v) is 1.24. The lowest BCUT2D eigenvalue weighted by Gasteiger charge is -1.97. The van der Waals surface area contributed by atoms with Crippen LogP contribution in [0.4, 0.5) is 0 Å². The Labute approximate surface area is 65.1 Å². The fraction of sp³-hybridized carbons (Fsp3) is 0. The Morgan fingerprint density at radius 1 is 1.50 bits per heavy atom. The molecule has 0 N–H and O–H groups in total. The Morgan fingerprint density at radius 3 is 2.60 bits per heavy atom. The Kier molecular flexibility index (Phi) is 1.96. The average molecular weight is 202 g/mol. The highest BCUT2D eigenvalue weighted by molar-refractivity contribution is 9.10. The number of carboxylic acid groups (broad SMARTS) is 1. The van der Waals surface area contributed by atoms with E-state index >= 15 is 0 Å². The van der Waals surface area contributed by atoms with Crippen molar-refractivity contribution in [2.75, 3.05) is 0 Å². The number of nitrogens with zero attached hydrogens (tertiary/aromatic N) is 2. The summed E-state index contributed by atoms with van der Waals surface area (Å²) in [5.41, 5.74) is -0.164. The molecule has 0 radical (unpaired) electrons. The Hall–Kier alpha value is -0.970. The average Bonchev–Trinajstić information content (AvgIpc) is 1.88. The first-order valence-corrected chi connectivity index (χ1v) is 3.18. The van der Waals surface area contributed by atoms with Gasteiger partial charge in [-0.3, -0.25) is 4.98 Å². The summed E-state index contributed by atoms with van der Waals surface area (Å²) in [5.74, 6) is -1.32. The summed E-state index contributed by atoms with van der Waals surface area (Å²) in [5, 5.41) is 10.1. The van der Waals surface area contributed by atoms with Crippen LogP contribution in [0.2, 0.25) is 0 Å². The van der Waals surface area contributed by atoms with Crippen molar-refractivity contribution in [1.82, 2.24) is 9.97 Å². The predicted octanol–water partition coefficient (Wildman–Crippen LogP) is -0.397. The number of carboxylic acids is 1. The van der Waals surface area contributed by atoms with Crippen molar-refractivity contribution >= 4 is 21.9 Å². The van der Waals surface area contributed by atoms with Gasteiger partial charge in [-0.05, 0) is 15.9 Å². The van der Waals surface area contributed by atoms with Gasteiger partial charge in [0.25, 0.3) is 0 Å². The topological polar surface area (TPSA) is 65.9 Å². The highest BCUT2D eigenvalue weighted by Gasteiger charge is 1.93. The van der Waals surface area contributed by atoms with Gasteiger partial charge in [0.15, 0.2) is 0 Å². The van der Waals surface area contributed by atoms with Crippen LogP contribution in [-0.2, 0) is 0 Å². The molecule has 4 nitrogen and oxygen atoms in total. The summed E-state index contributed by atoms with van der Waals surface area (Å²) in [4.78, 5) is 17.2. The summed E-state index contributed by atoms with van der Waals surface area (Å²) >= 11 is 3.01. The van der Waals surface area contributed by atoms with Crippen LogP contribution in [-0.4, -0.2) is 15.9 Å². The van der Waals surface area contributed by atoms with Crippen molar-refractivity contribution in [1.29, 1.82) is 0 Å². The van der Waals surface area contributed by atoms with Crippen LogP contribution in [0, 0.1) is 0 Å². The van der Waals surface area contributed by atoms with Gasteiger partial charge in [-0.2, -0.15) is 0 Å². The van der Waals surface area contributed by atoms with E-state index in [1.807, 2.05) is 0 Å². The van der Waals surface area contributed by atoms with E-state index in [1.54, 1.807) is 0 Å². The van der Waals surface area contributed by atoms with E-state index < -0.39 is 5.97 Å². The maximum Gasteiger partial charge on any atom is 0.124 e. The highest BCUT2D eigenvalue weighted by Crippen LogP contribution is 2.01. The van der Waals surface area contributed by atoms with Crippen LogP contribution >= 0.6 is 15.9 Å². The second-order valence-corrected chi connectivity index (χ2v) is 2.32. The van der Waals surface area contributed by atoms with Gasteiger partial charge in [0, 0.05) is 0 Å². The third-order valence-electron chi connectivity index (χ3n) is 0.829. The lowest BCUT2D eigenvalue weighted by molar-refractivity contribution is -0.255. The van der Waals surface area contributed by atoms with Crippen LogP contribution in [0.5, 0.6) is 0 Å². The number of hydrogen-bond donors (Lipinski definition) is 0. The number of aromatic nitrogens is 2. The summed E-state index contributed by atoms with van der Waals surface area (Å²) in [6, 6.07) is 0. The smallest absolute Gasteiger partial charge is 0.124 e. The molecule has 0 aromatic carbocycles.